The summed E-state index contributed by atoms with van der Waals surface area (Å²) in [5.74, 6) is -0.981. The Balaban J connectivity index is 0.00000108. The van der Waals surface area contributed by atoms with Crippen molar-refractivity contribution in [2.75, 3.05) is 19.8 Å². The van der Waals surface area contributed by atoms with Gasteiger partial charge in [0.25, 0.3) is 0 Å². The molecule has 0 aliphatic carbocycles. The molecule has 6 nitrogen and oxygen atoms in total. The summed E-state index contributed by atoms with van der Waals surface area (Å²) < 4.78 is 50.3. The topological polar surface area (TPSA) is 84.9 Å². The fourth-order valence-electron chi connectivity index (χ4n) is 3.06. The maximum atomic E-state index is 11.3. The first-order chi connectivity index (χ1) is 7.50. The minimum atomic E-state index is -4.38. The fraction of sp³-hybridized carbons (Fsp3) is 1.00. The molecule has 3 unspecified atom stereocenters. The Kier molecular flexibility index (Phi) is 3.69. The van der Waals surface area contributed by atoms with Crippen LogP contribution in [0.5, 0.6) is 0 Å². The zero-order valence-electron chi connectivity index (χ0n) is 9.68. The maximum Gasteiger partial charge on any atom is 1.00 e. The summed E-state index contributed by atoms with van der Waals surface area (Å²) in [6.45, 7) is 1.18. The summed E-state index contributed by atoms with van der Waals surface area (Å²) in [7, 11) is -4.38. The largest absolute Gasteiger partial charge is 1.00 e. The second-order valence-corrected chi connectivity index (χ2v) is 6.01. The van der Waals surface area contributed by atoms with E-state index < -0.39 is 26.8 Å². The van der Waals surface area contributed by atoms with E-state index in [2.05, 4.69) is 0 Å². The van der Waals surface area contributed by atoms with Gasteiger partial charge in [-0.25, -0.2) is 8.42 Å². The van der Waals surface area contributed by atoms with E-state index in [4.69, 9.17) is 14.2 Å². The summed E-state index contributed by atoms with van der Waals surface area (Å²) in [6.07, 6.45) is 1.25. The summed E-state index contributed by atoms with van der Waals surface area (Å²) >= 11 is 0. The molecule has 92 valence electrons. The summed E-state index contributed by atoms with van der Waals surface area (Å²) in [6, 6.07) is 0. The van der Waals surface area contributed by atoms with Gasteiger partial charge in [0.2, 0.25) is 5.79 Å². The molecule has 0 N–H and O–H groups in total. The van der Waals surface area contributed by atoms with Gasteiger partial charge in [-0.2, -0.15) is 0 Å². The molecular formula is C9H13NaO6S. The van der Waals surface area contributed by atoms with Crippen LogP contribution < -0.4 is 29.6 Å². The number of fused-ring (bicyclic) bond motifs is 1. The van der Waals surface area contributed by atoms with E-state index in [9.17, 15) is 13.0 Å². The molecule has 3 atom stereocenters. The third-order valence-corrected chi connectivity index (χ3v) is 5.14. The predicted octanol–water partition coefficient (Wildman–Crippen LogP) is -3.40. The van der Waals surface area contributed by atoms with E-state index in [-0.39, 0.29) is 42.6 Å². The Morgan fingerprint density at radius 1 is 1.06 bits per heavy atom. The first-order valence-corrected chi connectivity index (χ1v) is 6.84. The molecule has 3 fully saturated rings. The number of ether oxygens (including phenoxy) is 3. The Morgan fingerprint density at radius 3 is 2.24 bits per heavy atom. The second-order valence-electron chi connectivity index (χ2n) is 4.46. The van der Waals surface area contributed by atoms with Crippen molar-refractivity contribution in [2.24, 2.45) is 0 Å². The van der Waals surface area contributed by atoms with Gasteiger partial charge in [0.15, 0.2) is 0 Å². The van der Waals surface area contributed by atoms with E-state index in [0.717, 1.165) is 0 Å². The minimum Gasteiger partial charge on any atom is -0.748 e. The second kappa shape index (κ2) is 4.42. The molecule has 3 aliphatic heterocycles. The zero-order valence-corrected chi connectivity index (χ0v) is 12.5. The van der Waals surface area contributed by atoms with E-state index in [0.29, 0.717) is 26.1 Å². The zero-order chi connectivity index (χ0) is 11.4. The third-order valence-electron chi connectivity index (χ3n) is 3.83. The van der Waals surface area contributed by atoms with Crippen molar-refractivity contribution in [1.29, 1.82) is 0 Å². The molecule has 17 heavy (non-hydrogen) atoms. The molecular weight excluding hydrogens is 259 g/mol. The molecule has 0 amide bonds. The quantitative estimate of drug-likeness (QED) is 0.365. The molecule has 2 spiro atoms. The average Bonchev–Trinajstić information content (AvgIpc) is 2.69. The summed E-state index contributed by atoms with van der Waals surface area (Å²) in [5.41, 5.74) is -1.06. The van der Waals surface area contributed by atoms with Gasteiger partial charge in [0.1, 0.15) is 15.7 Å². The molecule has 0 aromatic heterocycles. The van der Waals surface area contributed by atoms with Gasteiger partial charge in [0, 0.05) is 19.4 Å². The van der Waals surface area contributed by atoms with Gasteiger partial charge < -0.3 is 18.8 Å². The predicted molar refractivity (Wildman–Crippen MR) is 50.7 cm³/mol. The van der Waals surface area contributed by atoms with Gasteiger partial charge in [-0.1, -0.05) is 0 Å². The summed E-state index contributed by atoms with van der Waals surface area (Å²) in [4.78, 5) is 0. The van der Waals surface area contributed by atoms with E-state index >= 15 is 0 Å². The molecule has 0 aromatic carbocycles. The standard InChI is InChI=1S/C9H14O6S.Na/c10-16(11,12)7-1-4-13-8(7)2-5-14-9(8)3-6-15-9;/h7H,1-6H2,(H,10,11,12);/q;+1/p-1. The monoisotopic (exact) mass is 272 g/mol. The average molecular weight is 272 g/mol. The van der Waals surface area contributed by atoms with Crippen molar-refractivity contribution in [1.82, 2.24) is 0 Å². The molecule has 0 saturated carbocycles. The van der Waals surface area contributed by atoms with Crippen molar-refractivity contribution >= 4 is 10.1 Å². The number of hydrogen-bond acceptors (Lipinski definition) is 6. The molecule has 0 radical (unpaired) electrons. The number of rotatable bonds is 1. The van der Waals surface area contributed by atoms with Crippen LogP contribution in [0.3, 0.4) is 0 Å². The van der Waals surface area contributed by atoms with Crippen LogP contribution in [0.4, 0.5) is 0 Å². The van der Waals surface area contributed by atoms with Gasteiger partial charge >= 0.3 is 29.6 Å². The Hall–Kier alpha value is 0.790. The van der Waals surface area contributed by atoms with Crippen LogP contribution in [0.15, 0.2) is 0 Å². The molecule has 3 heterocycles. The fourth-order valence-corrected chi connectivity index (χ4v) is 4.27. The molecule has 0 aromatic rings. The third kappa shape index (κ3) is 1.83. The van der Waals surface area contributed by atoms with Crippen molar-refractivity contribution in [3.63, 3.8) is 0 Å². The maximum absolute atomic E-state index is 11.3. The van der Waals surface area contributed by atoms with E-state index in [1.165, 1.54) is 0 Å². The van der Waals surface area contributed by atoms with Gasteiger partial charge in [-0.05, 0) is 6.42 Å². The van der Waals surface area contributed by atoms with Crippen LogP contribution in [-0.2, 0) is 24.3 Å². The van der Waals surface area contributed by atoms with Gasteiger partial charge in [0.05, 0.1) is 18.5 Å². The van der Waals surface area contributed by atoms with Gasteiger partial charge in [-0.3, -0.25) is 0 Å². The minimum absolute atomic E-state index is 0. The Labute approximate surface area is 122 Å². The van der Waals surface area contributed by atoms with Crippen LogP contribution >= 0.6 is 0 Å². The Bertz CT molecular complexity index is 402. The van der Waals surface area contributed by atoms with Crippen molar-refractivity contribution in [2.45, 2.75) is 35.9 Å². The van der Waals surface area contributed by atoms with Crippen LogP contribution in [-0.4, -0.2) is 49.4 Å². The van der Waals surface area contributed by atoms with E-state index in [1.807, 2.05) is 0 Å². The van der Waals surface area contributed by atoms with E-state index in [1.54, 1.807) is 0 Å². The van der Waals surface area contributed by atoms with Gasteiger partial charge in [-0.15, -0.1) is 0 Å². The SMILES string of the molecule is O=S(=O)([O-])C1CCOC12CCOC21CCO1.[Na+]. The molecule has 8 heteroatoms. The van der Waals surface area contributed by atoms with Crippen LogP contribution in [0.25, 0.3) is 0 Å². The molecule has 3 saturated heterocycles. The molecule has 3 aliphatic rings. The first-order valence-electron chi connectivity index (χ1n) is 5.37. The van der Waals surface area contributed by atoms with Crippen LogP contribution in [0, 0.1) is 0 Å². The van der Waals surface area contributed by atoms with Crippen molar-refractivity contribution in [3.8, 4) is 0 Å². The van der Waals surface area contributed by atoms with Crippen LogP contribution in [0.2, 0.25) is 0 Å². The smallest absolute Gasteiger partial charge is 0.748 e. The van der Waals surface area contributed by atoms with Crippen molar-refractivity contribution < 1.29 is 56.7 Å². The molecule has 3 rings (SSSR count). The Morgan fingerprint density at radius 2 is 1.71 bits per heavy atom. The summed E-state index contributed by atoms with van der Waals surface area (Å²) in [5, 5.41) is -1.04. The molecule has 0 bridgehead atoms. The first kappa shape index (κ1) is 14.2. The number of hydrogen-bond donors (Lipinski definition) is 0. The van der Waals surface area contributed by atoms with Crippen LogP contribution in [0.1, 0.15) is 19.3 Å². The van der Waals surface area contributed by atoms with Crippen molar-refractivity contribution in [3.05, 3.63) is 0 Å². The normalized spacial score (nSPS) is 44.9.